The predicted molar refractivity (Wildman–Crippen MR) is 128 cm³/mol. The van der Waals surface area contributed by atoms with Crippen molar-refractivity contribution in [2.75, 3.05) is 11.1 Å². The molecule has 0 fully saturated rings. The molecule has 0 aliphatic heterocycles. The van der Waals surface area contributed by atoms with Gasteiger partial charge in [-0.1, -0.05) is 47.6 Å². The van der Waals surface area contributed by atoms with Crippen molar-refractivity contribution in [3.05, 3.63) is 70.0 Å². The summed E-state index contributed by atoms with van der Waals surface area (Å²) < 4.78 is 1.90. The van der Waals surface area contributed by atoms with Gasteiger partial charge in [-0.25, -0.2) is 0 Å². The van der Waals surface area contributed by atoms with Crippen molar-refractivity contribution >= 4 is 40.9 Å². The fourth-order valence-electron chi connectivity index (χ4n) is 3.20. The molecule has 0 saturated carbocycles. The highest BCUT2D eigenvalue weighted by atomic mass is 35.5. The largest absolute Gasteiger partial charge is 0.342 e. The first-order valence-electron chi connectivity index (χ1n) is 10.3. The minimum Gasteiger partial charge on any atom is -0.342 e. The van der Waals surface area contributed by atoms with Gasteiger partial charge in [0.2, 0.25) is 5.91 Å². The number of hydrogen-bond donors (Lipinski definition) is 2. The summed E-state index contributed by atoms with van der Waals surface area (Å²) >= 11 is 7.43. The molecule has 0 aliphatic carbocycles. The Kier molecular flexibility index (Phi) is 7.93. The van der Waals surface area contributed by atoms with E-state index in [1.165, 1.54) is 11.8 Å². The van der Waals surface area contributed by atoms with Crippen molar-refractivity contribution in [2.24, 2.45) is 0 Å². The van der Waals surface area contributed by atoms with Crippen LogP contribution in [0, 0.1) is 13.8 Å². The Bertz CT molecular complexity index is 1130. The molecule has 2 N–H and O–H groups in total. The van der Waals surface area contributed by atoms with Crippen molar-refractivity contribution in [1.29, 1.82) is 0 Å². The minimum atomic E-state index is -0.385. The summed E-state index contributed by atoms with van der Waals surface area (Å²) in [5.74, 6) is 0.420. The van der Waals surface area contributed by atoms with Gasteiger partial charge < -0.3 is 15.2 Å². The van der Waals surface area contributed by atoms with Crippen molar-refractivity contribution in [1.82, 2.24) is 20.1 Å². The smallest absolute Gasteiger partial charge is 0.253 e. The van der Waals surface area contributed by atoms with Gasteiger partial charge in [-0.2, -0.15) is 0 Å². The Morgan fingerprint density at radius 2 is 1.91 bits per heavy atom. The van der Waals surface area contributed by atoms with Crippen LogP contribution in [0.25, 0.3) is 0 Å². The van der Waals surface area contributed by atoms with E-state index in [1.54, 1.807) is 24.3 Å². The Balaban J connectivity index is 1.65. The third-order valence-electron chi connectivity index (χ3n) is 4.91. The van der Waals surface area contributed by atoms with E-state index in [-0.39, 0.29) is 23.6 Å². The van der Waals surface area contributed by atoms with E-state index in [2.05, 4.69) is 20.8 Å². The Morgan fingerprint density at radius 1 is 1.16 bits per heavy atom. The van der Waals surface area contributed by atoms with Crippen molar-refractivity contribution in [2.45, 2.75) is 45.4 Å². The normalized spacial score (nSPS) is 11.8. The molecule has 2 amide bonds. The number of anilines is 1. The molecule has 2 aromatic carbocycles. The monoisotopic (exact) mass is 471 g/mol. The summed E-state index contributed by atoms with van der Waals surface area (Å²) in [5.41, 5.74) is 3.31. The Morgan fingerprint density at radius 3 is 2.62 bits per heavy atom. The number of aromatic nitrogens is 3. The summed E-state index contributed by atoms with van der Waals surface area (Å²) in [7, 11) is 0. The van der Waals surface area contributed by atoms with E-state index in [4.69, 9.17) is 11.6 Å². The number of rotatable bonds is 8. The van der Waals surface area contributed by atoms with Crippen LogP contribution in [-0.2, 0) is 11.3 Å². The second kappa shape index (κ2) is 10.7. The summed E-state index contributed by atoms with van der Waals surface area (Å²) in [5, 5.41) is 15.4. The lowest BCUT2D eigenvalue weighted by Gasteiger charge is -2.15. The van der Waals surface area contributed by atoms with Gasteiger partial charge in [0.1, 0.15) is 0 Å². The van der Waals surface area contributed by atoms with Crippen LogP contribution < -0.4 is 10.6 Å². The van der Waals surface area contributed by atoms with Gasteiger partial charge in [0.05, 0.1) is 22.4 Å². The van der Waals surface area contributed by atoms with E-state index in [1.807, 2.05) is 50.5 Å². The Labute approximate surface area is 197 Å². The molecule has 7 nitrogen and oxygen atoms in total. The molecule has 3 rings (SSSR count). The van der Waals surface area contributed by atoms with Crippen LogP contribution >= 0.6 is 23.4 Å². The summed E-state index contributed by atoms with van der Waals surface area (Å²) in [6.45, 7) is 8.36. The maximum absolute atomic E-state index is 12.6. The van der Waals surface area contributed by atoms with Crippen LogP contribution in [0.1, 0.15) is 47.2 Å². The highest BCUT2D eigenvalue weighted by Gasteiger charge is 2.21. The number of nitrogens with one attached hydrogen (secondary N) is 2. The van der Waals surface area contributed by atoms with Crippen LogP contribution in [-0.4, -0.2) is 32.3 Å². The molecule has 0 aliphatic rings. The zero-order chi connectivity index (χ0) is 23.3. The number of nitrogens with zero attached hydrogens (tertiary/aromatic N) is 3. The van der Waals surface area contributed by atoms with E-state index in [9.17, 15) is 9.59 Å². The van der Waals surface area contributed by atoms with Gasteiger partial charge in [-0.3, -0.25) is 9.59 Å². The van der Waals surface area contributed by atoms with Gasteiger partial charge in [0.15, 0.2) is 11.0 Å². The van der Waals surface area contributed by atoms with Crippen molar-refractivity contribution < 1.29 is 9.59 Å². The fraction of sp³-hybridized carbons (Fsp3) is 0.304. The second-order valence-electron chi connectivity index (χ2n) is 7.42. The minimum absolute atomic E-state index is 0.115. The van der Waals surface area contributed by atoms with E-state index in [0.29, 0.717) is 28.1 Å². The third-order valence-corrected chi connectivity index (χ3v) is 6.21. The van der Waals surface area contributed by atoms with Gasteiger partial charge >= 0.3 is 0 Å². The molecule has 32 heavy (non-hydrogen) atoms. The van der Waals surface area contributed by atoms with E-state index in [0.717, 1.165) is 16.8 Å². The van der Waals surface area contributed by atoms with Gasteiger partial charge in [0.25, 0.3) is 5.91 Å². The standard InChI is InChI=1S/C23H26ClN5O2S/c1-5-29-21(16(4)25-22(31)17-8-6-7-9-18(17)24)27-28-23(29)32-13-20(30)26-19-12-14(2)10-11-15(19)3/h6-12,16H,5,13H2,1-4H3,(H,25,31)(H,26,30)/t16-/m1/s1. The molecule has 9 heteroatoms. The molecule has 1 heterocycles. The van der Waals surface area contributed by atoms with Crippen LogP contribution in [0.4, 0.5) is 5.69 Å². The fourth-order valence-corrected chi connectivity index (χ4v) is 4.23. The highest BCUT2D eigenvalue weighted by Crippen LogP contribution is 2.23. The molecular formula is C23H26ClN5O2S. The number of carbonyl (C=O) groups excluding carboxylic acids is 2. The van der Waals surface area contributed by atoms with Crippen molar-refractivity contribution in [3.63, 3.8) is 0 Å². The van der Waals surface area contributed by atoms with Gasteiger partial charge in [-0.15, -0.1) is 10.2 Å². The first kappa shape index (κ1) is 23.8. The quantitative estimate of drug-likeness (QED) is 0.461. The lowest BCUT2D eigenvalue weighted by atomic mass is 10.1. The van der Waals surface area contributed by atoms with Crippen LogP contribution in [0.3, 0.4) is 0 Å². The maximum atomic E-state index is 12.6. The Hall–Kier alpha value is -2.84. The average molecular weight is 472 g/mol. The summed E-state index contributed by atoms with van der Waals surface area (Å²) in [6.07, 6.45) is 0. The molecule has 3 aromatic rings. The lowest BCUT2D eigenvalue weighted by Crippen LogP contribution is -2.29. The number of amides is 2. The zero-order valence-corrected chi connectivity index (χ0v) is 20.0. The molecule has 0 radical (unpaired) electrons. The molecule has 1 atom stereocenters. The van der Waals surface area contributed by atoms with Crippen molar-refractivity contribution in [3.8, 4) is 0 Å². The first-order chi connectivity index (χ1) is 15.3. The summed E-state index contributed by atoms with van der Waals surface area (Å²) in [4.78, 5) is 25.0. The summed E-state index contributed by atoms with van der Waals surface area (Å²) in [6, 6.07) is 12.4. The zero-order valence-electron chi connectivity index (χ0n) is 18.5. The van der Waals surface area contributed by atoms with Gasteiger partial charge in [-0.05, 0) is 57.0 Å². The predicted octanol–water partition coefficient (Wildman–Crippen LogP) is 4.79. The lowest BCUT2D eigenvalue weighted by molar-refractivity contribution is -0.113. The van der Waals surface area contributed by atoms with Gasteiger partial charge in [0, 0.05) is 12.2 Å². The van der Waals surface area contributed by atoms with E-state index < -0.39 is 0 Å². The molecule has 0 spiro atoms. The van der Waals surface area contributed by atoms with E-state index >= 15 is 0 Å². The number of halogens is 1. The number of hydrogen-bond acceptors (Lipinski definition) is 5. The number of carbonyl (C=O) groups is 2. The first-order valence-corrected chi connectivity index (χ1v) is 11.6. The van der Waals surface area contributed by atoms with Crippen LogP contribution in [0.15, 0.2) is 47.6 Å². The van der Waals surface area contributed by atoms with Crippen LogP contribution in [0.5, 0.6) is 0 Å². The molecule has 0 bridgehead atoms. The third kappa shape index (κ3) is 5.69. The number of thioether (sulfide) groups is 1. The molecular weight excluding hydrogens is 446 g/mol. The van der Waals surface area contributed by atoms with Crippen LogP contribution in [0.2, 0.25) is 5.02 Å². The second-order valence-corrected chi connectivity index (χ2v) is 8.76. The average Bonchev–Trinajstić information content (AvgIpc) is 3.18. The SMILES string of the molecule is CCn1c(SCC(=O)Nc2cc(C)ccc2C)nnc1[C@@H](C)NC(=O)c1ccccc1Cl. The maximum Gasteiger partial charge on any atom is 0.253 e. The number of aryl methyl sites for hydroxylation is 2. The molecule has 1 aromatic heterocycles. The topological polar surface area (TPSA) is 88.9 Å². The molecule has 0 saturated heterocycles. The number of benzene rings is 2. The molecule has 168 valence electrons. The highest BCUT2D eigenvalue weighted by molar-refractivity contribution is 7.99. The molecule has 0 unspecified atom stereocenters.